The van der Waals surface area contributed by atoms with Gasteiger partial charge >= 0.3 is 0 Å². The highest BCUT2D eigenvalue weighted by Gasteiger charge is 2.45. The van der Waals surface area contributed by atoms with Crippen LogP contribution in [0.2, 0.25) is 0 Å². The number of methoxy groups -OCH3 is 1. The van der Waals surface area contributed by atoms with Gasteiger partial charge in [0, 0.05) is 17.6 Å². The quantitative estimate of drug-likeness (QED) is 0.404. The number of nitrogens with zero attached hydrogens (tertiary/aromatic N) is 3. The molecule has 0 spiro atoms. The van der Waals surface area contributed by atoms with Crippen molar-refractivity contribution in [2.75, 3.05) is 13.7 Å². The molecule has 0 radical (unpaired) electrons. The van der Waals surface area contributed by atoms with Gasteiger partial charge in [0.05, 0.1) is 24.8 Å². The molecule has 0 aliphatic carbocycles. The Morgan fingerprint density at radius 2 is 2.17 bits per heavy atom. The summed E-state index contributed by atoms with van der Waals surface area (Å²) in [4.78, 5) is 15.0. The molecule has 5 unspecified atom stereocenters. The van der Waals surface area contributed by atoms with Gasteiger partial charge in [-0.25, -0.2) is 0 Å². The first-order valence-electron chi connectivity index (χ1n) is 6.99. The van der Waals surface area contributed by atoms with Gasteiger partial charge in [0.25, 0.3) is 5.91 Å². The number of ether oxygens (including phenoxy) is 2. The van der Waals surface area contributed by atoms with Crippen molar-refractivity contribution in [2.45, 2.75) is 30.6 Å². The predicted molar refractivity (Wildman–Crippen MR) is 79.4 cm³/mol. The molecule has 1 aliphatic rings. The smallest absolute Gasteiger partial charge is 0.251 e. The molecule has 1 aliphatic heterocycles. The molecule has 9 nitrogen and oxygen atoms in total. The van der Waals surface area contributed by atoms with Gasteiger partial charge in [0.1, 0.15) is 6.10 Å². The second-order valence-corrected chi connectivity index (χ2v) is 5.01. The molecule has 124 valence electrons. The van der Waals surface area contributed by atoms with Gasteiger partial charge in [0.2, 0.25) is 0 Å². The fourth-order valence-electron chi connectivity index (χ4n) is 2.46. The Balaban J connectivity index is 2.24. The van der Waals surface area contributed by atoms with Crippen LogP contribution in [0.3, 0.4) is 0 Å². The van der Waals surface area contributed by atoms with E-state index < -0.39 is 43.1 Å². The van der Waals surface area contributed by atoms with Crippen LogP contribution in [0.15, 0.2) is 35.4 Å². The molecule has 23 heavy (non-hydrogen) atoms. The zero-order valence-electron chi connectivity index (χ0n) is 12.4. The summed E-state index contributed by atoms with van der Waals surface area (Å²) in [5.74, 6) is -0.422. The number of benzene rings is 1. The van der Waals surface area contributed by atoms with E-state index in [2.05, 4.69) is 15.3 Å². The molecule has 0 bridgehead atoms. The Hall–Kier alpha value is -2.16. The summed E-state index contributed by atoms with van der Waals surface area (Å²) in [7, 11) is 1.35. The van der Waals surface area contributed by atoms with E-state index in [0.717, 1.165) is 0 Å². The molecular formula is C14H18N4O5. The van der Waals surface area contributed by atoms with Gasteiger partial charge in [-0.1, -0.05) is 23.3 Å². The molecule has 1 heterocycles. The maximum absolute atomic E-state index is 12.3. The van der Waals surface area contributed by atoms with Crippen molar-refractivity contribution < 1.29 is 24.5 Å². The summed E-state index contributed by atoms with van der Waals surface area (Å²) in [5, 5.41) is 25.6. The number of rotatable bonds is 5. The molecule has 1 saturated heterocycles. The fourth-order valence-corrected chi connectivity index (χ4v) is 2.46. The Morgan fingerprint density at radius 3 is 2.74 bits per heavy atom. The third kappa shape index (κ3) is 3.79. The minimum absolute atomic E-state index is 0.404. The number of hydrogen-bond acceptors (Lipinski definition) is 6. The molecular weight excluding hydrogens is 304 g/mol. The standard InChI is InChI=1S/C14H18N4O5/c1-22-14-11(16-13(21)8-5-3-2-4-6-8)10(17-18-15)12(20)9(7-19)23-14/h2-6,9-12,14,19-20H,7H2,1H3,(H,16,21). The van der Waals surface area contributed by atoms with E-state index >= 15 is 0 Å². The third-order valence-electron chi connectivity index (χ3n) is 3.63. The maximum Gasteiger partial charge on any atom is 0.251 e. The van der Waals surface area contributed by atoms with E-state index in [1.807, 2.05) is 0 Å². The summed E-state index contributed by atoms with van der Waals surface area (Å²) >= 11 is 0. The van der Waals surface area contributed by atoms with E-state index in [4.69, 9.17) is 15.0 Å². The van der Waals surface area contributed by atoms with Gasteiger partial charge in [-0.3, -0.25) is 4.79 Å². The zero-order chi connectivity index (χ0) is 16.8. The lowest BCUT2D eigenvalue weighted by atomic mass is 9.94. The van der Waals surface area contributed by atoms with Crippen LogP contribution < -0.4 is 5.32 Å². The average molecular weight is 322 g/mol. The van der Waals surface area contributed by atoms with Gasteiger partial charge < -0.3 is 25.0 Å². The van der Waals surface area contributed by atoms with Crippen LogP contribution in [0.5, 0.6) is 0 Å². The normalized spacial score (nSPS) is 30.3. The summed E-state index contributed by atoms with van der Waals surface area (Å²) in [6.45, 7) is -0.474. The van der Waals surface area contributed by atoms with Crippen molar-refractivity contribution in [3.05, 3.63) is 46.3 Å². The van der Waals surface area contributed by atoms with E-state index in [0.29, 0.717) is 5.56 Å². The number of carbonyl (C=O) groups is 1. The second kappa shape index (κ2) is 7.91. The summed E-state index contributed by atoms with van der Waals surface area (Å²) < 4.78 is 10.6. The average Bonchev–Trinajstić information content (AvgIpc) is 2.59. The van der Waals surface area contributed by atoms with Gasteiger partial charge in [-0.15, -0.1) is 0 Å². The van der Waals surface area contributed by atoms with Crippen LogP contribution >= 0.6 is 0 Å². The monoisotopic (exact) mass is 322 g/mol. The van der Waals surface area contributed by atoms with Crippen LogP contribution in [0.4, 0.5) is 0 Å². The SMILES string of the molecule is COC1OC(CO)C(O)C(N=[N+]=[N-])C1NC(=O)c1ccccc1. The Bertz CT molecular complexity index is 578. The first kappa shape index (κ1) is 17.2. The molecule has 3 N–H and O–H groups in total. The van der Waals surface area contributed by atoms with Gasteiger partial charge in [-0.2, -0.15) is 0 Å². The number of amides is 1. The number of carbonyl (C=O) groups excluding carboxylic acids is 1. The van der Waals surface area contributed by atoms with E-state index in [1.165, 1.54) is 7.11 Å². The molecule has 1 aromatic rings. The van der Waals surface area contributed by atoms with E-state index in [-0.39, 0.29) is 0 Å². The molecule has 1 fully saturated rings. The van der Waals surface area contributed by atoms with Crippen molar-refractivity contribution >= 4 is 5.91 Å². The van der Waals surface area contributed by atoms with Crippen molar-refractivity contribution in [2.24, 2.45) is 5.11 Å². The van der Waals surface area contributed by atoms with Crippen LogP contribution in [-0.4, -0.2) is 60.4 Å². The minimum atomic E-state index is -1.27. The van der Waals surface area contributed by atoms with Crippen LogP contribution in [0, 0.1) is 0 Å². The maximum atomic E-state index is 12.3. The molecule has 5 atom stereocenters. The third-order valence-corrected chi connectivity index (χ3v) is 3.63. The fraction of sp³-hybridized carbons (Fsp3) is 0.500. The molecule has 2 rings (SSSR count). The Morgan fingerprint density at radius 1 is 1.48 bits per heavy atom. The Labute approximate surface area is 132 Å². The highest BCUT2D eigenvalue weighted by Crippen LogP contribution is 2.24. The van der Waals surface area contributed by atoms with Crippen LogP contribution in [0.25, 0.3) is 10.4 Å². The number of aliphatic hydroxyl groups is 2. The number of azide groups is 1. The van der Waals surface area contributed by atoms with Crippen molar-refractivity contribution in [1.29, 1.82) is 0 Å². The predicted octanol–water partition coefficient (Wildman–Crippen LogP) is 0.188. The molecule has 0 aromatic heterocycles. The van der Waals surface area contributed by atoms with Crippen LogP contribution in [-0.2, 0) is 9.47 Å². The highest BCUT2D eigenvalue weighted by molar-refractivity contribution is 5.94. The largest absolute Gasteiger partial charge is 0.394 e. The molecule has 1 amide bonds. The lowest BCUT2D eigenvalue weighted by molar-refractivity contribution is -0.236. The molecule has 9 heteroatoms. The minimum Gasteiger partial charge on any atom is -0.394 e. The van der Waals surface area contributed by atoms with Crippen molar-refractivity contribution in [3.8, 4) is 0 Å². The Kier molecular flexibility index (Phi) is 5.91. The lowest BCUT2D eigenvalue weighted by Gasteiger charge is -2.42. The first-order valence-corrected chi connectivity index (χ1v) is 6.99. The van der Waals surface area contributed by atoms with Crippen molar-refractivity contribution in [1.82, 2.24) is 5.32 Å². The second-order valence-electron chi connectivity index (χ2n) is 5.01. The van der Waals surface area contributed by atoms with E-state index in [9.17, 15) is 15.0 Å². The number of aliphatic hydroxyl groups excluding tert-OH is 2. The lowest BCUT2D eigenvalue weighted by Crippen LogP contribution is -2.63. The van der Waals surface area contributed by atoms with E-state index in [1.54, 1.807) is 30.3 Å². The summed E-state index contributed by atoms with van der Waals surface area (Å²) in [5.41, 5.74) is 9.12. The summed E-state index contributed by atoms with van der Waals surface area (Å²) in [6, 6.07) is 6.50. The summed E-state index contributed by atoms with van der Waals surface area (Å²) in [6.07, 6.45) is -3.22. The molecule has 1 aromatic carbocycles. The van der Waals surface area contributed by atoms with Gasteiger partial charge in [-0.05, 0) is 17.7 Å². The van der Waals surface area contributed by atoms with Gasteiger partial charge in [0.15, 0.2) is 6.29 Å². The van der Waals surface area contributed by atoms with Crippen LogP contribution in [0.1, 0.15) is 10.4 Å². The first-order chi connectivity index (χ1) is 11.1. The number of nitrogens with one attached hydrogen (secondary N) is 1. The number of hydrogen-bond donors (Lipinski definition) is 3. The molecule has 0 saturated carbocycles. The highest BCUT2D eigenvalue weighted by atomic mass is 16.7. The topological polar surface area (TPSA) is 137 Å². The zero-order valence-corrected chi connectivity index (χ0v) is 12.4. The van der Waals surface area contributed by atoms with Crippen molar-refractivity contribution in [3.63, 3.8) is 0 Å².